The van der Waals surface area contributed by atoms with E-state index >= 15 is 0 Å². The van der Waals surface area contributed by atoms with E-state index in [0.29, 0.717) is 12.5 Å². The third kappa shape index (κ3) is 1.27. The fourth-order valence-electron chi connectivity index (χ4n) is 3.92. The Morgan fingerprint density at radius 2 is 2.07 bits per heavy atom. The lowest BCUT2D eigenvalue weighted by molar-refractivity contribution is 0.0399. The second kappa shape index (κ2) is 3.51. The highest BCUT2D eigenvalue weighted by molar-refractivity contribution is 5.29. The number of aliphatic hydroxyl groups excluding tert-OH is 1. The Morgan fingerprint density at radius 3 is 2.80 bits per heavy atom. The van der Waals surface area contributed by atoms with E-state index in [4.69, 9.17) is 4.74 Å². The van der Waals surface area contributed by atoms with Gasteiger partial charge in [0, 0.05) is 18.4 Å². The molecule has 2 heteroatoms. The minimum Gasteiger partial charge on any atom is -0.497 e. The second-order valence-electron chi connectivity index (χ2n) is 5.33. The smallest absolute Gasteiger partial charge is 0.102 e. The first kappa shape index (κ1) is 9.71. The van der Waals surface area contributed by atoms with Crippen LogP contribution in [-0.2, 0) is 4.74 Å². The SMILES string of the molecule is OCC1CC2=C(OCC2)C12CCCCC2. The van der Waals surface area contributed by atoms with E-state index in [0.717, 1.165) is 19.4 Å². The predicted molar refractivity (Wildman–Crippen MR) is 58.3 cm³/mol. The molecule has 1 heterocycles. The Bertz CT molecular complexity index is 287. The molecule has 0 aromatic rings. The molecule has 1 saturated carbocycles. The third-order valence-corrected chi connectivity index (χ3v) is 4.66. The molecule has 3 aliphatic rings. The normalized spacial score (nSPS) is 33.3. The van der Waals surface area contributed by atoms with Gasteiger partial charge in [-0.2, -0.15) is 0 Å². The third-order valence-electron chi connectivity index (χ3n) is 4.66. The Labute approximate surface area is 91.3 Å². The van der Waals surface area contributed by atoms with Crippen LogP contribution in [0.15, 0.2) is 11.3 Å². The molecule has 0 bridgehead atoms. The summed E-state index contributed by atoms with van der Waals surface area (Å²) in [5, 5.41) is 9.56. The Kier molecular flexibility index (Phi) is 2.27. The molecule has 0 aromatic heterocycles. The van der Waals surface area contributed by atoms with Crippen LogP contribution in [0.4, 0.5) is 0 Å². The molecule has 84 valence electrons. The van der Waals surface area contributed by atoms with E-state index < -0.39 is 0 Å². The average molecular weight is 208 g/mol. The van der Waals surface area contributed by atoms with Gasteiger partial charge in [0.05, 0.1) is 6.61 Å². The molecule has 1 N–H and O–H groups in total. The van der Waals surface area contributed by atoms with E-state index in [1.807, 2.05) is 0 Å². The lowest BCUT2D eigenvalue weighted by Gasteiger charge is -2.40. The topological polar surface area (TPSA) is 29.5 Å². The van der Waals surface area contributed by atoms with Gasteiger partial charge in [-0.3, -0.25) is 0 Å². The van der Waals surface area contributed by atoms with Crippen LogP contribution in [0.2, 0.25) is 0 Å². The van der Waals surface area contributed by atoms with Crippen molar-refractivity contribution >= 4 is 0 Å². The van der Waals surface area contributed by atoms with Gasteiger partial charge < -0.3 is 9.84 Å². The first-order valence-corrected chi connectivity index (χ1v) is 6.33. The van der Waals surface area contributed by atoms with Crippen molar-refractivity contribution in [1.82, 2.24) is 0 Å². The second-order valence-corrected chi connectivity index (χ2v) is 5.33. The molecule has 0 radical (unpaired) electrons. The number of hydrogen-bond donors (Lipinski definition) is 1. The highest BCUT2D eigenvalue weighted by Crippen LogP contribution is 2.58. The van der Waals surface area contributed by atoms with Gasteiger partial charge in [0.25, 0.3) is 0 Å². The molecule has 0 amide bonds. The van der Waals surface area contributed by atoms with Crippen molar-refractivity contribution in [2.24, 2.45) is 11.3 Å². The largest absolute Gasteiger partial charge is 0.497 e. The van der Waals surface area contributed by atoms with Gasteiger partial charge in [-0.15, -0.1) is 0 Å². The minimum absolute atomic E-state index is 0.249. The van der Waals surface area contributed by atoms with E-state index in [2.05, 4.69) is 0 Å². The van der Waals surface area contributed by atoms with Gasteiger partial charge in [0.15, 0.2) is 0 Å². The van der Waals surface area contributed by atoms with Crippen molar-refractivity contribution in [3.8, 4) is 0 Å². The van der Waals surface area contributed by atoms with E-state index in [9.17, 15) is 5.11 Å². The molecule has 0 saturated heterocycles. The summed E-state index contributed by atoms with van der Waals surface area (Å²) in [6, 6.07) is 0. The number of hydrogen-bond acceptors (Lipinski definition) is 2. The standard InChI is InChI=1S/C13H20O2/c14-9-11-8-10-4-7-15-12(10)13(11)5-2-1-3-6-13/h11,14H,1-9H2. The van der Waals surface area contributed by atoms with Crippen LogP contribution in [0.3, 0.4) is 0 Å². The van der Waals surface area contributed by atoms with Crippen LogP contribution >= 0.6 is 0 Å². The summed E-state index contributed by atoms with van der Waals surface area (Å²) in [5.41, 5.74) is 1.77. The summed E-state index contributed by atoms with van der Waals surface area (Å²) in [6.07, 6.45) is 8.71. The summed E-state index contributed by atoms with van der Waals surface area (Å²) in [6.45, 7) is 1.24. The van der Waals surface area contributed by atoms with Crippen molar-refractivity contribution in [3.63, 3.8) is 0 Å². The monoisotopic (exact) mass is 208 g/mol. The molecule has 2 aliphatic carbocycles. The first-order chi connectivity index (χ1) is 7.37. The van der Waals surface area contributed by atoms with Gasteiger partial charge in [-0.1, -0.05) is 19.3 Å². The fraction of sp³-hybridized carbons (Fsp3) is 0.846. The molecular formula is C13H20O2. The maximum absolute atomic E-state index is 9.56. The summed E-state index contributed by atoms with van der Waals surface area (Å²) in [7, 11) is 0. The van der Waals surface area contributed by atoms with Gasteiger partial charge in [0.1, 0.15) is 5.76 Å². The summed E-state index contributed by atoms with van der Waals surface area (Å²) in [4.78, 5) is 0. The summed E-state index contributed by atoms with van der Waals surface area (Å²) >= 11 is 0. The highest BCUT2D eigenvalue weighted by Gasteiger charge is 2.51. The van der Waals surface area contributed by atoms with Crippen LogP contribution < -0.4 is 0 Å². The Balaban J connectivity index is 1.94. The molecule has 1 spiro atoms. The van der Waals surface area contributed by atoms with Gasteiger partial charge in [-0.05, 0) is 30.8 Å². The molecular weight excluding hydrogens is 188 g/mol. The van der Waals surface area contributed by atoms with Gasteiger partial charge >= 0.3 is 0 Å². The van der Waals surface area contributed by atoms with Crippen molar-refractivity contribution in [3.05, 3.63) is 11.3 Å². The highest BCUT2D eigenvalue weighted by atomic mass is 16.5. The van der Waals surface area contributed by atoms with Crippen LogP contribution in [-0.4, -0.2) is 18.3 Å². The minimum atomic E-state index is 0.249. The van der Waals surface area contributed by atoms with Crippen molar-refractivity contribution < 1.29 is 9.84 Å². The van der Waals surface area contributed by atoms with Gasteiger partial charge in [-0.25, -0.2) is 0 Å². The van der Waals surface area contributed by atoms with Crippen molar-refractivity contribution in [2.45, 2.75) is 44.9 Å². The number of allylic oxidation sites excluding steroid dienone is 1. The Hall–Kier alpha value is -0.500. The molecule has 15 heavy (non-hydrogen) atoms. The van der Waals surface area contributed by atoms with Crippen LogP contribution in [0.1, 0.15) is 44.9 Å². The molecule has 1 aliphatic heterocycles. The number of ether oxygens (including phenoxy) is 1. The first-order valence-electron chi connectivity index (χ1n) is 6.33. The zero-order valence-electron chi connectivity index (χ0n) is 9.30. The zero-order chi connectivity index (χ0) is 10.3. The molecule has 0 aromatic carbocycles. The fourth-order valence-corrected chi connectivity index (χ4v) is 3.92. The average Bonchev–Trinajstić information content (AvgIpc) is 2.83. The van der Waals surface area contributed by atoms with Gasteiger partial charge in [0.2, 0.25) is 0 Å². The molecule has 1 atom stereocenters. The number of fused-ring (bicyclic) bond motifs is 1. The summed E-state index contributed by atoms with van der Waals surface area (Å²) in [5.74, 6) is 1.77. The molecule has 1 unspecified atom stereocenters. The van der Waals surface area contributed by atoms with E-state index in [1.165, 1.54) is 43.4 Å². The van der Waals surface area contributed by atoms with Crippen LogP contribution in [0.25, 0.3) is 0 Å². The molecule has 1 fully saturated rings. The lowest BCUT2D eigenvalue weighted by Crippen LogP contribution is -2.34. The summed E-state index contributed by atoms with van der Waals surface area (Å²) < 4.78 is 5.87. The van der Waals surface area contributed by atoms with Crippen molar-refractivity contribution in [2.75, 3.05) is 13.2 Å². The quantitative estimate of drug-likeness (QED) is 0.717. The van der Waals surface area contributed by atoms with E-state index in [-0.39, 0.29) is 5.41 Å². The van der Waals surface area contributed by atoms with Crippen molar-refractivity contribution in [1.29, 1.82) is 0 Å². The number of rotatable bonds is 1. The Morgan fingerprint density at radius 1 is 1.27 bits per heavy atom. The zero-order valence-corrected chi connectivity index (χ0v) is 9.30. The van der Waals surface area contributed by atoms with E-state index in [1.54, 1.807) is 0 Å². The lowest BCUT2D eigenvalue weighted by atomic mass is 9.67. The number of aliphatic hydroxyl groups is 1. The maximum atomic E-state index is 9.56. The predicted octanol–water partition coefficient (Wildman–Crippen LogP) is 2.62. The molecule has 2 nitrogen and oxygen atoms in total. The maximum Gasteiger partial charge on any atom is 0.102 e. The van der Waals surface area contributed by atoms with Crippen LogP contribution in [0.5, 0.6) is 0 Å². The van der Waals surface area contributed by atoms with Crippen LogP contribution in [0, 0.1) is 11.3 Å². The molecule has 3 rings (SSSR count).